The van der Waals surface area contributed by atoms with Crippen molar-refractivity contribution >= 4 is 29.1 Å². The lowest BCUT2D eigenvalue weighted by atomic mass is 9.78. The predicted octanol–water partition coefficient (Wildman–Crippen LogP) is 3.74. The zero-order chi connectivity index (χ0) is 20.3. The molecule has 2 amide bonds. The van der Waals surface area contributed by atoms with E-state index in [1.165, 1.54) is 25.4 Å². The summed E-state index contributed by atoms with van der Waals surface area (Å²) in [5.41, 5.74) is 0.942. The minimum Gasteiger partial charge on any atom is -0.496 e. The van der Waals surface area contributed by atoms with Crippen molar-refractivity contribution in [2.24, 2.45) is 0 Å². The number of amides is 2. The number of benzene rings is 1. The number of hydrogen-bond donors (Lipinski definition) is 2. The van der Waals surface area contributed by atoms with Crippen LogP contribution in [0.25, 0.3) is 0 Å². The van der Waals surface area contributed by atoms with E-state index in [0.717, 1.165) is 25.3 Å². The van der Waals surface area contributed by atoms with Crippen LogP contribution in [0.15, 0.2) is 30.5 Å². The first-order valence-electron chi connectivity index (χ1n) is 8.90. The number of methoxy groups -OCH3 is 1. The second kappa shape index (κ2) is 8.14. The summed E-state index contributed by atoms with van der Waals surface area (Å²) in [5.74, 6) is -1.01. The molecular weight excluding hydrogens is 385 g/mol. The smallest absolute Gasteiger partial charge is 0.270 e. The van der Waals surface area contributed by atoms with Crippen molar-refractivity contribution in [3.8, 4) is 5.75 Å². The van der Waals surface area contributed by atoms with Gasteiger partial charge in [-0.1, -0.05) is 11.6 Å². The molecule has 28 heavy (non-hydrogen) atoms. The van der Waals surface area contributed by atoms with Gasteiger partial charge in [0.25, 0.3) is 5.91 Å². The Kier molecular flexibility index (Phi) is 5.84. The molecule has 3 rings (SSSR count). The van der Waals surface area contributed by atoms with E-state index < -0.39 is 5.82 Å². The Morgan fingerprint density at radius 1 is 1.32 bits per heavy atom. The van der Waals surface area contributed by atoms with Crippen LogP contribution in [0.2, 0.25) is 5.02 Å². The van der Waals surface area contributed by atoms with Crippen molar-refractivity contribution in [3.63, 3.8) is 0 Å². The van der Waals surface area contributed by atoms with Gasteiger partial charge in [0.2, 0.25) is 5.91 Å². The summed E-state index contributed by atoms with van der Waals surface area (Å²) in [4.78, 5) is 28.8. The topological polar surface area (TPSA) is 80.3 Å². The van der Waals surface area contributed by atoms with Gasteiger partial charge in [0.05, 0.1) is 18.6 Å². The zero-order valence-corrected chi connectivity index (χ0v) is 16.4. The first-order chi connectivity index (χ1) is 13.3. The molecule has 0 aliphatic heterocycles. The molecule has 1 aliphatic rings. The molecule has 2 N–H and O–H groups in total. The molecule has 1 aliphatic carbocycles. The largest absolute Gasteiger partial charge is 0.496 e. The fraction of sp³-hybridized carbons (Fsp3) is 0.350. The van der Waals surface area contributed by atoms with Gasteiger partial charge in [-0.05, 0) is 44.4 Å². The summed E-state index contributed by atoms with van der Waals surface area (Å²) in [6, 6.07) is 5.61. The molecule has 1 saturated carbocycles. The van der Waals surface area contributed by atoms with E-state index in [4.69, 9.17) is 16.3 Å². The Bertz CT molecular complexity index is 916. The number of carbonyl (C=O) groups excluding carboxylic acids is 2. The molecule has 0 radical (unpaired) electrons. The predicted molar refractivity (Wildman–Crippen MR) is 104 cm³/mol. The third-order valence-corrected chi connectivity index (χ3v) is 5.11. The fourth-order valence-corrected chi connectivity index (χ4v) is 3.27. The Morgan fingerprint density at radius 3 is 2.71 bits per heavy atom. The van der Waals surface area contributed by atoms with Gasteiger partial charge >= 0.3 is 0 Å². The van der Waals surface area contributed by atoms with Gasteiger partial charge in [0, 0.05) is 29.1 Å². The fourth-order valence-electron chi connectivity index (χ4n) is 3.08. The number of nitrogens with one attached hydrogen (secondary N) is 2. The summed E-state index contributed by atoms with van der Waals surface area (Å²) in [5, 5.41) is 5.60. The minimum absolute atomic E-state index is 0.0644. The molecule has 1 heterocycles. The molecule has 1 aromatic heterocycles. The van der Waals surface area contributed by atoms with E-state index in [1.807, 2.05) is 6.92 Å². The van der Waals surface area contributed by atoms with E-state index >= 15 is 0 Å². The van der Waals surface area contributed by atoms with Crippen molar-refractivity contribution in [2.45, 2.75) is 38.1 Å². The van der Waals surface area contributed by atoms with Gasteiger partial charge in [0.1, 0.15) is 17.3 Å². The van der Waals surface area contributed by atoms with Crippen molar-refractivity contribution in [1.82, 2.24) is 10.3 Å². The number of ether oxygens (including phenoxy) is 1. The molecule has 0 atom stereocenters. The molecule has 0 saturated heterocycles. The standard InChI is InChI=1S/C20H21ClFN3O3/c1-20(5-3-6-20)25-19(27)16-10-13(4-7-23-16)24-18(26)9-12-8-14(21)15(22)11-17(12)28-2/h4,7-8,10-11H,3,5-6,9H2,1-2H3,(H,25,27)(H,23,24,26). The molecule has 0 unspecified atom stereocenters. The maximum atomic E-state index is 13.5. The maximum absolute atomic E-state index is 13.5. The van der Waals surface area contributed by atoms with E-state index in [1.54, 1.807) is 6.07 Å². The highest BCUT2D eigenvalue weighted by molar-refractivity contribution is 6.30. The van der Waals surface area contributed by atoms with Gasteiger partial charge in [-0.2, -0.15) is 0 Å². The van der Waals surface area contributed by atoms with E-state index in [0.29, 0.717) is 11.3 Å². The van der Waals surface area contributed by atoms with Crippen LogP contribution in [0.1, 0.15) is 42.2 Å². The Labute approximate surface area is 167 Å². The number of nitrogens with zero attached hydrogens (tertiary/aromatic N) is 1. The molecule has 1 aromatic carbocycles. The van der Waals surface area contributed by atoms with E-state index in [-0.39, 0.29) is 40.2 Å². The van der Waals surface area contributed by atoms with Crippen LogP contribution in [0.4, 0.5) is 10.1 Å². The van der Waals surface area contributed by atoms with Crippen LogP contribution in [0.3, 0.4) is 0 Å². The first kappa shape index (κ1) is 20.1. The lowest BCUT2D eigenvalue weighted by molar-refractivity contribution is -0.115. The SMILES string of the molecule is COc1cc(F)c(Cl)cc1CC(=O)Nc1ccnc(C(=O)NC2(C)CCC2)c1. The van der Waals surface area contributed by atoms with Crippen LogP contribution in [0.5, 0.6) is 5.75 Å². The van der Waals surface area contributed by atoms with Crippen molar-refractivity contribution in [2.75, 3.05) is 12.4 Å². The van der Waals surface area contributed by atoms with E-state index in [9.17, 15) is 14.0 Å². The first-order valence-corrected chi connectivity index (χ1v) is 9.28. The highest BCUT2D eigenvalue weighted by Crippen LogP contribution is 2.31. The lowest BCUT2D eigenvalue weighted by Gasteiger charge is -2.39. The molecule has 0 spiro atoms. The molecule has 148 valence electrons. The summed E-state index contributed by atoms with van der Waals surface area (Å²) in [6.45, 7) is 2.00. The Balaban J connectivity index is 1.68. The number of rotatable bonds is 6. The van der Waals surface area contributed by atoms with Crippen molar-refractivity contribution < 1.29 is 18.7 Å². The number of aromatic nitrogens is 1. The van der Waals surface area contributed by atoms with Crippen LogP contribution in [-0.2, 0) is 11.2 Å². The lowest BCUT2D eigenvalue weighted by Crippen LogP contribution is -2.51. The van der Waals surface area contributed by atoms with Gasteiger partial charge in [-0.15, -0.1) is 0 Å². The van der Waals surface area contributed by atoms with Gasteiger partial charge in [-0.25, -0.2) is 4.39 Å². The average molecular weight is 406 g/mol. The van der Waals surface area contributed by atoms with Crippen LogP contribution in [0, 0.1) is 5.82 Å². The number of halogens is 2. The third kappa shape index (κ3) is 4.59. The highest BCUT2D eigenvalue weighted by Gasteiger charge is 2.33. The second-order valence-corrected chi connectivity index (χ2v) is 7.51. The molecule has 1 fully saturated rings. The monoisotopic (exact) mass is 405 g/mol. The van der Waals surface area contributed by atoms with Crippen molar-refractivity contribution in [3.05, 3.63) is 52.6 Å². The number of carbonyl (C=O) groups is 2. The molecule has 8 heteroatoms. The Morgan fingerprint density at radius 2 is 2.07 bits per heavy atom. The van der Waals surface area contributed by atoms with Crippen LogP contribution >= 0.6 is 11.6 Å². The highest BCUT2D eigenvalue weighted by atomic mass is 35.5. The zero-order valence-electron chi connectivity index (χ0n) is 15.6. The number of pyridine rings is 1. The van der Waals surface area contributed by atoms with E-state index in [2.05, 4.69) is 15.6 Å². The van der Waals surface area contributed by atoms with Gasteiger partial charge in [-0.3, -0.25) is 14.6 Å². The van der Waals surface area contributed by atoms with Crippen LogP contribution in [-0.4, -0.2) is 29.4 Å². The number of anilines is 1. The summed E-state index contributed by atoms with van der Waals surface area (Å²) in [6.07, 6.45) is 4.37. The Hall–Kier alpha value is -2.67. The maximum Gasteiger partial charge on any atom is 0.270 e. The molecular formula is C20H21ClFN3O3. The normalized spacial score (nSPS) is 14.7. The minimum atomic E-state index is -0.618. The second-order valence-electron chi connectivity index (χ2n) is 7.10. The summed E-state index contributed by atoms with van der Waals surface area (Å²) in [7, 11) is 1.39. The molecule has 6 nitrogen and oxygen atoms in total. The van der Waals surface area contributed by atoms with Crippen LogP contribution < -0.4 is 15.4 Å². The van der Waals surface area contributed by atoms with Gasteiger partial charge in [0.15, 0.2) is 0 Å². The quantitative estimate of drug-likeness (QED) is 0.767. The van der Waals surface area contributed by atoms with Crippen molar-refractivity contribution in [1.29, 1.82) is 0 Å². The molecule has 0 bridgehead atoms. The average Bonchev–Trinajstić information content (AvgIpc) is 2.63. The third-order valence-electron chi connectivity index (χ3n) is 4.82. The molecule has 2 aromatic rings. The van der Waals surface area contributed by atoms with Gasteiger partial charge < -0.3 is 15.4 Å². The summed E-state index contributed by atoms with van der Waals surface area (Å²) >= 11 is 5.80. The number of hydrogen-bond acceptors (Lipinski definition) is 4. The summed E-state index contributed by atoms with van der Waals surface area (Å²) < 4.78 is 18.6.